The number of nitrogens with zero attached hydrogens (tertiary/aromatic N) is 7. The van der Waals surface area contributed by atoms with Crippen LogP contribution in [0.1, 0.15) is 40.8 Å². The predicted octanol–water partition coefficient (Wildman–Crippen LogP) is 2.91. The lowest BCUT2D eigenvalue weighted by Gasteiger charge is -2.31. The van der Waals surface area contributed by atoms with Gasteiger partial charge in [0.2, 0.25) is 0 Å². The molecule has 0 spiro atoms. The Kier molecular flexibility index (Phi) is 4.66. The third-order valence-corrected chi connectivity index (χ3v) is 5.42. The molecule has 0 saturated carbocycles. The third-order valence-electron chi connectivity index (χ3n) is 5.42. The quantitative estimate of drug-likeness (QED) is 0.526. The Balaban J connectivity index is 1.38. The van der Waals surface area contributed by atoms with Gasteiger partial charge in [-0.15, -0.1) is 0 Å². The van der Waals surface area contributed by atoms with Crippen molar-refractivity contribution in [3.8, 4) is 11.1 Å². The number of hydrogen-bond donors (Lipinski definition) is 0. The molecule has 8 nitrogen and oxygen atoms in total. The number of hydrogen-bond acceptors (Lipinski definition) is 6. The van der Waals surface area contributed by atoms with Crippen LogP contribution in [-0.4, -0.2) is 53.4 Å². The van der Waals surface area contributed by atoms with E-state index in [-0.39, 0.29) is 11.8 Å². The van der Waals surface area contributed by atoms with Crippen molar-refractivity contribution < 1.29 is 4.79 Å². The van der Waals surface area contributed by atoms with Crippen LogP contribution in [0.25, 0.3) is 16.8 Å². The molecule has 30 heavy (non-hydrogen) atoms. The first-order chi connectivity index (χ1) is 14.7. The highest BCUT2D eigenvalue weighted by Gasteiger charge is 2.28. The first-order valence-corrected chi connectivity index (χ1v) is 10.0. The average Bonchev–Trinajstić information content (AvgIpc) is 3.23. The van der Waals surface area contributed by atoms with E-state index in [1.54, 1.807) is 18.6 Å². The monoisotopic (exact) mass is 399 g/mol. The fourth-order valence-electron chi connectivity index (χ4n) is 3.81. The highest BCUT2D eigenvalue weighted by atomic mass is 16.2. The Labute approximate surface area is 173 Å². The first-order valence-electron chi connectivity index (χ1n) is 10.0. The Bertz CT molecular complexity index is 1190. The van der Waals surface area contributed by atoms with Gasteiger partial charge < -0.3 is 4.90 Å². The number of aryl methyl sites for hydroxylation is 1. The standard InChI is InChI=1S/C22H21N7O/c1-15-10-25-19(12-24-15)22(30)28-9-3-5-18(13-28)21-26-20-7-6-17(14-29(20)27-21)16-4-2-8-23-11-16/h2,4,6-8,10-12,14,18H,3,5,9,13H2,1H3/t18-/m0/s1. The van der Waals surface area contributed by atoms with Gasteiger partial charge >= 0.3 is 0 Å². The molecule has 0 N–H and O–H groups in total. The summed E-state index contributed by atoms with van der Waals surface area (Å²) in [6, 6.07) is 7.92. The average molecular weight is 399 g/mol. The molecular formula is C22H21N7O. The highest BCUT2D eigenvalue weighted by Crippen LogP contribution is 2.26. The molecule has 4 aromatic rings. The van der Waals surface area contributed by atoms with Crippen LogP contribution in [0.5, 0.6) is 0 Å². The summed E-state index contributed by atoms with van der Waals surface area (Å²) in [5.41, 5.74) is 4.04. The number of carbonyl (C=O) groups is 1. The zero-order valence-corrected chi connectivity index (χ0v) is 16.6. The van der Waals surface area contributed by atoms with Crippen LogP contribution >= 0.6 is 0 Å². The Morgan fingerprint density at radius 1 is 1.10 bits per heavy atom. The van der Waals surface area contributed by atoms with Crippen molar-refractivity contribution >= 4 is 11.6 Å². The van der Waals surface area contributed by atoms with Crippen molar-refractivity contribution in [2.45, 2.75) is 25.7 Å². The van der Waals surface area contributed by atoms with Gasteiger partial charge in [-0.1, -0.05) is 6.07 Å². The maximum Gasteiger partial charge on any atom is 0.274 e. The molecule has 1 aliphatic heterocycles. The lowest BCUT2D eigenvalue weighted by molar-refractivity contribution is 0.0698. The van der Waals surface area contributed by atoms with Crippen LogP contribution in [-0.2, 0) is 0 Å². The molecule has 1 aliphatic rings. The summed E-state index contributed by atoms with van der Waals surface area (Å²) in [6.45, 7) is 3.15. The maximum atomic E-state index is 12.8. The maximum absolute atomic E-state index is 12.8. The van der Waals surface area contributed by atoms with Crippen LogP contribution in [0.3, 0.4) is 0 Å². The summed E-state index contributed by atoms with van der Waals surface area (Å²) in [4.78, 5) is 32.0. The summed E-state index contributed by atoms with van der Waals surface area (Å²) in [5, 5.41) is 4.72. The van der Waals surface area contributed by atoms with E-state index in [4.69, 9.17) is 10.1 Å². The topological polar surface area (TPSA) is 89.2 Å². The molecule has 1 atom stereocenters. The van der Waals surface area contributed by atoms with E-state index in [1.165, 1.54) is 0 Å². The zero-order valence-electron chi connectivity index (χ0n) is 16.6. The van der Waals surface area contributed by atoms with Gasteiger partial charge in [0.05, 0.1) is 11.9 Å². The summed E-state index contributed by atoms with van der Waals surface area (Å²) in [5.74, 6) is 0.781. The number of likely N-dealkylation sites (tertiary alicyclic amines) is 1. The summed E-state index contributed by atoms with van der Waals surface area (Å²) < 4.78 is 1.81. The van der Waals surface area contributed by atoms with E-state index in [0.717, 1.165) is 41.1 Å². The van der Waals surface area contributed by atoms with Gasteiger partial charge in [-0.3, -0.25) is 14.8 Å². The molecule has 5 rings (SSSR count). The van der Waals surface area contributed by atoms with E-state index in [9.17, 15) is 4.79 Å². The summed E-state index contributed by atoms with van der Waals surface area (Å²) in [7, 11) is 0. The first kappa shape index (κ1) is 18.4. The Morgan fingerprint density at radius 3 is 2.83 bits per heavy atom. The molecule has 1 amide bonds. The normalized spacial score (nSPS) is 16.7. The molecular weight excluding hydrogens is 378 g/mol. The minimum atomic E-state index is -0.0881. The lowest BCUT2D eigenvalue weighted by atomic mass is 9.97. The summed E-state index contributed by atoms with van der Waals surface area (Å²) in [6.07, 6.45) is 10.6. The van der Waals surface area contributed by atoms with Crippen molar-refractivity contribution in [3.05, 3.63) is 72.5 Å². The van der Waals surface area contributed by atoms with Crippen molar-refractivity contribution in [1.29, 1.82) is 0 Å². The SMILES string of the molecule is Cc1cnc(C(=O)N2CCC[C@H](c3nc4ccc(-c5cccnc5)cn4n3)C2)cn1. The van der Waals surface area contributed by atoms with E-state index < -0.39 is 0 Å². The van der Waals surface area contributed by atoms with Gasteiger partial charge in [0.15, 0.2) is 11.5 Å². The fourth-order valence-corrected chi connectivity index (χ4v) is 3.81. The van der Waals surface area contributed by atoms with Gasteiger partial charge in [-0.05, 0) is 38.0 Å². The second-order valence-electron chi connectivity index (χ2n) is 7.57. The molecule has 0 unspecified atom stereocenters. The molecule has 0 aliphatic carbocycles. The summed E-state index contributed by atoms with van der Waals surface area (Å²) >= 11 is 0. The third kappa shape index (κ3) is 3.52. The van der Waals surface area contributed by atoms with Crippen LogP contribution in [0.4, 0.5) is 0 Å². The number of fused-ring (bicyclic) bond motifs is 1. The number of pyridine rings is 2. The van der Waals surface area contributed by atoms with Gasteiger partial charge in [-0.2, -0.15) is 5.10 Å². The molecule has 150 valence electrons. The molecule has 0 radical (unpaired) electrons. The second kappa shape index (κ2) is 7.62. The van der Waals surface area contributed by atoms with Crippen molar-refractivity contribution in [3.63, 3.8) is 0 Å². The zero-order chi connectivity index (χ0) is 20.5. The number of carbonyl (C=O) groups excluding carboxylic acids is 1. The van der Waals surface area contributed by atoms with Crippen molar-refractivity contribution in [1.82, 2.24) is 34.4 Å². The Hall–Kier alpha value is -3.68. The number of amides is 1. The molecule has 0 aromatic carbocycles. The molecule has 1 fully saturated rings. The number of aromatic nitrogens is 6. The minimum absolute atomic E-state index is 0.0881. The number of piperidine rings is 1. The van der Waals surface area contributed by atoms with Crippen LogP contribution in [0, 0.1) is 6.92 Å². The minimum Gasteiger partial charge on any atom is -0.337 e. The van der Waals surface area contributed by atoms with E-state index in [2.05, 4.69) is 15.0 Å². The molecule has 4 aromatic heterocycles. The predicted molar refractivity (Wildman–Crippen MR) is 111 cm³/mol. The fraction of sp³-hybridized carbons (Fsp3) is 0.273. The van der Waals surface area contributed by atoms with Crippen LogP contribution in [0.2, 0.25) is 0 Å². The van der Waals surface area contributed by atoms with Crippen molar-refractivity contribution in [2.75, 3.05) is 13.1 Å². The second-order valence-corrected chi connectivity index (χ2v) is 7.57. The lowest BCUT2D eigenvalue weighted by Crippen LogP contribution is -2.39. The van der Waals surface area contributed by atoms with Gasteiger partial charge in [-0.25, -0.2) is 14.5 Å². The largest absolute Gasteiger partial charge is 0.337 e. The molecule has 1 saturated heterocycles. The molecule has 8 heteroatoms. The molecule has 5 heterocycles. The number of rotatable bonds is 3. The van der Waals surface area contributed by atoms with Crippen LogP contribution in [0.15, 0.2) is 55.2 Å². The van der Waals surface area contributed by atoms with Gasteiger partial charge in [0, 0.05) is 54.9 Å². The highest BCUT2D eigenvalue weighted by molar-refractivity contribution is 5.92. The van der Waals surface area contributed by atoms with Gasteiger partial charge in [0.25, 0.3) is 5.91 Å². The Morgan fingerprint density at radius 2 is 2.03 bits per heavy atom. The van der Waals surface area contributed by atoms with E-state index in [0.29, 0.717) is 18.8 Å². The van der Waals surface area contributed by atoms with E-state index >= 15 is 0 Å². The smallest absolute Gasteiger partial charge is 0.274 e. The van der Waals surface area contributed by atoms with Crippen molar-refractivity contribution in [2.24, 2.45) is 0 Å². The van der Waals surface area contributed by atoms with Crippen LogP contribution < -0.4 is 0 Å². The molecule has 0 bridgehead atoms. The van der Waals surface area contributed by atoms with Gasteiger partial charge in [0.1, 0.15) is 5.69 Å². The van der Waals surface area contributed by atoms with E-state index in [1.807, 2.05) is 53.0 Å².